The van der Waals surface area contributed by atoms with Gasteiger partial charge in [-0.2, -0.15) is 4.37 Å². The van der Waals surface area contributed by atoms with Gasteiger partial charge in [0, 0.05) is 19.8 Å². The van der Waals surface area contributed by atoms with Crippen LogP contribution < -0.4 is 11.1 Å². The summed E-state index contributed by atoms with van der Waals surface area (Å²) in [6.45, 7) is 2.46. The molecule has 0 aliphatic carbocycles. The number of hydrogen-bond donors (Lipinski definition) is 2. The Morgan fingerprint density at radius 1 is 1.72 bits per heavy atom. The maximum Gasteiger partial charge on any atom is 0.344 e. The summed E-state index contributed by atoms with van der Waals surface area (Å²) in [5.41, 5.74) is 5.99. The molecule has 1 aliphatic rings. The van der Waals surface area contributed by atoms with Crippen LogP contribution in [-0.4, -0.2) is 37.2 Å². The van der Waals surface area contributed by atoms with Crippen molar-refractivity contribution in [1.82, 2.24) is 4.37 Å². The Morgan fingerprint density at radius 3 is 3.22 bits per heavy atom. The molecule has 1 aliphatic heterocycles. The lowest BCUT2D eigenvalue weighted by Crippen LogP contribution is -2.11. The second-order valence-electron chi connectivity index (χ2n) is 4.21. The van der Waals surface area contributed by atoms with Crippen LogP contribution in [0.1, 0.15) is 23.2 Å². The van der Waals surface area contributed by atoms with E-state index < -0.39 is 5.97 Å². The fourth-order valence-corrected chi connectivity index (χ4v) is 2.65. The number of ether oxygens (including phenoxy) is 2. The van der Waals surface area contributed by atoms with Crippen molar-refractivity contribution < 1.29 is 14.3 Å². The molecule has 6 nitrogen and oxygen atoms in total. The van der Waals surface area contributed by atoms with Crippen LogP contribution in [0.5, 0.6) is 0 Å². The maximum atomic E-state index is 11.5. The zero-order valence-electron chi connectivity index (χ0n) is 10.3. The Labute approximate surface area is 110 Å². The van der Waals surface area contributed by atoms with Crippen LogP contribution in [0.15, 0.2) is 0 Å². The monoisotopic (exact) mass is 271 g/mol. The van der Waals surface area contributed by atoms with Crippen LogP contribution in [0.25, 0.3) is 0 Å². The van der Waals surface area contributed by atoms with Gasteiger partial charge in [-0.3, -0.25) is 0 Å². The Morgan fingerprint density at radius 2 is 2.56 bits per heavy atom. The molecule has 18 heavy (non-hydrogen) atoms. The summed E-state index contributed by atoms with van der Waals surface area (Å²) in [5, 5.41) is 3.87. The predicted molar refractivity (Wildman–Crippen MR) is 69.9 cm³/mol. The fraction of sp³-hybridized carbons (Fsp3) is 0.636. The molecule has 1 fully saturated rings. The summed E-state index contributed by atoms with van der Waals surface area (Å²) >= 11 is 1.18. The number of hydrogen-bond acceptors (Lipinski definition) is 7. The first-order chi connectivity index (χ1) is 8.72. The van der Waals surface area contributed by atoms with Gasteiger partial charge < -0.3 is 20.5 Å². The first-order valence-corrected chi connectivity index (χ1v) is 6.64. The molecule has 0 saturated carbocycles. The highest BCUT2D eigenvalue weighted by molar-refractivity contribution is 7.11. The number of methoxy groups -OCH3 is 1. The molecule has 1 aromatic rings. The minimum Gasteiger partial charge on any atom is -0.465 e. The van der Waals surface area contributed by atoms with E-state index in [4.69, 9.17) is 10.5 Å². The van der Waals surface area contributed by atoms with Gasteiger partial charge in [0.15, 0.2) is 5.82 Å². The van der Waals surface area contributed by atoms with Gasteiger partial charge in [-0.1, -0.05) is 0 Å². The summed E-state index contributed by atoms with van der Waals surface area (Å²) < 4.78 is 14.0. The van der Waals surface area contributed by atoms with E-state index in [0.29, 0.717) is 16.5 Å². The van der Waals surface area contributed by atoms with Gasteiger partial charge in [-0.05, 0) is 30.3 Å². The average Bonchev–Trinajstić information content (AvgIpc) is 2.99. The van der Waals surface area contributed by atoms with Crippen molar-refractivity contribution in [3.05, 3.63) is 5.56 Å². The van der Waals surface area contributed by atoms with Crippen molar-refractivity contribution >= 4 is 28.3 Å². The number of nitrogen functional groups attached to an aromatic ring is 1. The highest BCUT2D eigenvalue weighted by Crippen LogP contribution is 2.27. The third-order valence-corrected chi connectivity index (χ3v) is 3.79. The van der Waals surface area contributed by atoms with Crippen molar-refractivity contribution in [2.24, 2.45) is 5.92 Å². The summed E-state index contributed by atoms with van der Waals surface area (Å²) in [4.78, 5) is 11.5. The molecule has 1 saturated heterocycles. The third kappa shape index (κ3) is 2.91. The first-order valence-electron chi connectivity index (χ1n) is 5.87. The lowest BCUT2D eigenvalue weighted by atomic mass is 10.1. The molecule has 0 aromatic carbocycles. The Bertz CT molecular complexity index is 416. The van der Waals surface area contributed by atoms with Crippen molar-refractivity contribution in [1.29, 1.82) is 0 Å². The van der Waals surface area contributed by atoms with Crippen molar-refractivity contribution in [3.8, 4) is 0 Å². The third-order valence-electron chi connectivity index (χ3n) is 2.97. The molecule has 1 unspecified atom stereocenters. The summed E-state index contributed by atoms with van der Waals surface area (Å²) in [6, 6.07) is 0. The van der Waals surface area contributed by atoms with E-state index in [-0.39, 0.29) is 5.82 Å². The van der Waals surface area contributed by atoms with Crippen molar-refractivity contribution in [3.63, 3.8) is 0 Å². The maximum absolute atomic E-state index is 11.5. The van der Waals surface area contributed by atoms with E-state index in [1.807, 2.05) is 0 Å². The van der Waals surface area contributed by atoms with Crippen molar-refractivity contribution in [2.45, 2.75) is 12.8 Å². The van der Waals surface area contributed by atoms with Gasteiger partial charge in [0.25, 0.3) is 0 Å². The number of nitrogens with one attached hydrogen (secondary N) is 1. The van der Waals surface area contributed by atoms with E-state index in [1.165, 1.54) is 18.6 Å². The number of anilines is 2. The zero-order chi connectivity index (χ0) is 13.0. The summed E-state index contributed by atoms with van der Waals surface area (Å²) in [6.07, 6.45) is 2.12. The summed E-state index contributed by atoms with van der Waals surface area (Å²) in [7, 11) is 1.33. The zero-order valence-corrected chi connectivity index (χ0v) is 11.1. The molecule has 2 heterocycles. The molecule has 2 rings (SSSR count). The summed E-state index contributed by atoms with van der Waals surface area (Å²) in [5.74, 6) is 0.371. The minimum absolute atomic E-state index is 0.221. The van der Waals surface area contributed by atoms with Crippen LogP contribution in [0.2, 0.25) is 0 Å². The number of rotatable bonds is 5. The predicted octanol–water partition coefficient (Wildman–Crippen LogP) is 1.35. The largest absolute Gasteiger partial charge is 0.465 e. The smallest absolute Gasteiger partial charge is 0.344 e. The minimum atomic E-state index is -0.451. The lowest BCUT2D eigenvalue weighted by molar-refractivity contribution is 0.0603. The van der Waals surface area contributed by atoms with Gasteiger partial charge >= 0.3 is 5.97 Å². The standard InChI is InChI=1S/C11H17N3O3S/c1-16-11(15)8-9(12)14-18-10(8)13-4-2-7-3-5-17-6-7/h7,13H,2-6H2,1H3,(H2,12,14). The topological polar surface area (TPSA) is 86.5 Å². The molecular weight excluding hydrogens is 254 g/mol. The molecule has 3 N–H and O–H groups in total. The van der Waals surface area contributed by atoms with E-state index in [1.54, 1.807) is 0 Å². The second-order valence-corrected chi connectivity index (χ2v) is 4.98. The van der Waals surface area contributed by atoms with Gasteiger partial charge in [0.1, 0.15) is 10.6 Å². The Kier molecular flexibility index (Phi) is 4.38. The average molecular weight is 271 g/mol. The number of carbonyl (C=O) groups is 1. The fourth-order valence-electron chi connectivity index (χ4n) is 1.92. The van der Waals surface area contributed by atoms with Crippen molar-refractivity contribution in [2.75, 3.05) is 37.9 Å². The molecule has 0 amide bonds. The van der Waals surface area contributed by atoms with Gasteiger partial charge in [-0.15, -0.1) is 0 Å². The van der Waals surface area contributed by atoms with E-state index >= 15 is 0 Å². The SMILES string of the molecule is COC(=O)c1c(N)nsc1NCCC1CCOC1. The molecule has 1 aromatic heterocycles. The number of carbonyl (C=O) groups excluding carboxylic acids is 1. The molecular formula is C11H17N3O3S. The molecule has 0 bridgehead atoms. The normalized spacial score (nSPS) is 18.8. The van der Waals surface area contributed by atoms with Gasteiger partial charge in [0.2, 0.25) is 0 Å². The van der Waals surface area contributed by atoms with Crippen LogP contribution in [-0.2, 0) is 9.47 Å². The highest BCUT2D eigenvalue weighted by Gasteiger charge is 2.20. The van der Waals surface area contributed by atoms with E-state index in [2.05, 4.69) is 14.4 Å². The molecule has 0 radical (unpaired) electrons. The molecule has 7 heteroatoms. The number of esters is 1. The molecule has 0 spiro atoms. The number of nitrogens with zero attached hydrogens (tertiary/aromatic N) is 1. The van der Waals surface area contributed by atoms with Gasteiger partial charge in [0.05, 0.1) is 7.11 Å². The highest BCUT2D eigenvalue weighted by atomic mass is 32.1. The number of aromatic nitrogens is 1. The lowest BCUT2D eigenvalue weighted by Gasteiger charge is -2.09. The van der Waals surface area contributed by atoms with E-state index in [0.717, 1.165) is 32.6 Å². The van der Waals surface area contributed by atoms with Crippen LogP contribution >= 0.6 is 11.5 Å². The molecule has 100 valence electrons. The van der Waals surface area contributed by atoms with Crippen LogP contribution in [0.3, 0.4) is 0 Å². The Balaban J connectivity index is 1.90. The van der Waals surface area contributed by atoms with E-state index in [9.17, 15) is 4.79 Å². The Hall–Kier alpha value is -1.34. The van der Waals surface area contributed by atoms with Crippen LogP contribution in [0.4, 0.5) is 10.8 Å². The second kappa shape index (κ2) is 6.01. The first kappa shape index (κ1) is 13.1. The molecule has 1 atom stereocenters. The van der Waals surface area contributed by atoms with Crippen LogP contribution in [0, 0.1) is 5.92 Å². The van der Waals surface area contributed by atoms with Gasteiger partial charge in [-0.25, -0.2) is 4.79 Å². The number of nitrogens with two attached hydrogens (primary N) is 1. The quantitative estimate of drug-likeness (QED) is 0.786.